The fraction of sp³-hybridized carbons (Fsp3) is 0.500. The lowest BCUT2D eigenvalue weighted by Gasteiger charge is -2.05. The summed E-state index contributed by atoms with van der Waals surface area (Å²) in [7, 11) is -7.29. The molecule has 0 saturated carbocycles. The maximum Gasteiger partial charge on any atom is 0.371 e. The van der Waals surface area contributed by atoms with Crippen LogP contribution < -0.4 is 4.72 Å². The van der Waals surface area contributed by atoms with Crippen molar-refractivity contribution in [1.29, 1.82) is 0 Å². The van der Waals surface area contributed by atoms with Gasteiger partial charge in [-0.25, -0.2) is 26.4 Å². The molecule has 0 fully saturated rings. The first-order valence-corrected chi connectivity index (χ1v) is 8.93. The maximum absolute atomic E-state index is 11.9. The van der Waals surface area contributed by atoms with Gasteiger partial charge in [0.15, 0.2) is 9.84 Å². The summed E-state index contributed by atoms with van der Waals surface area (Å²) in [5.41, 5.74) is 0. The van der Waals surface area contributed by atoms with Crippen LogP contribution in [0.1, 0.15) is 23.2 Å². The zero-order valence-electron chi connectivity index (χ0n) is 10.9. The molecule has 0 spiro atoms. The van der Waals surface area contributed by atoms with Gasteiger partial charge in [0, 0.05) is 18.4 Å². The molecule has 114 valence electrons. The van der Waals surface area contributed by atoms with Gasteiger partial charge in [-0.15, -0.1) is 0 Å². The average Bonchev–Trinajstić information content (AvgIpc) is 2.72. The quantitative estimate of drug-likeness (QED) is 0.721. The van der Waals surface area contributed by atoms with Crippen molar-refractivity contribution in [3.05, 3.63) is 17.6 Å². The highest BCUT2D eigenvalue weighted by Gasteiger charge is 2.24. The Bertz CT molecular complexity index is 700. The number of carbonyl (C=O) groups is 1. The van der Waals surface area contributed by atoms with E-state index in [9.17, 15) is 21.6 Å². The van der Waals surface area contributed by atoms with Crippen LogP contribution in [-0.4, -0.2) is 46.0 Å². The van der Waals surface area contributed by atoms with Crippen LogP contribution in [0.15, 0.2) is 15.4 Å². The second-order valence-electron chi connectivity index (χ2n) is 3.97. The molecular formula is C10H15NO7S2. The Morgan fingerprint density at radius 1 is 1.35 bits per heavy atom. The van der Waals surface area contributed by atoms with Crippen molar-refractivity contribution >= 4 is 25.8 Å². The molecule has 0 radical (unpaired) electrons. The number of sulfone groups is 1. The second-order valence-corrected chi connectivity index (χ2v) is 8.18. The van der Waals surface area contributed by atoms with Crippen LogP contribution >= 0.6 is 0 Å². The fourth-order valence-electron chi connectivity index (χ4n) is 1.39. The predicted octanol–water partition coefficient (Wildman–Crippen LogP) is -0.000780. The number of carboxylic acids is 1. The van der Waals surface area contributed by atoms with Crippen molar-refractivity contribution in [3.8, 4) is 0 Å². The predicted molar refractivity (Wildman–Crippen MR) is 69.9 cm³/mol. The maximum atomic E-state index is 11.9. The van der Waals surface area contributed by atoms with E-state index >= 15 is 0 Å². The molecule has 0 atom stereocenters. The number of carboxylic acid groups (broad SMARTS) is 1. The minimum Gasteiger partial charge on any atom is -0.475 e. The van der Waals surface area contributed by atoms with Crippen LogP contribution in [0.25, 0.3) is 0 Å². The number of furan rings is 1. The topological polar surface area (TPSA) is 131 Å². The van der Waals surface area contributed by atoms with Crippen molar-refractivity contribution in [3.63, 3.8) is 0 Å². The van der Waals surface area contributed by atoms with Crippen LogP contribution in [0.5, 0.6) is 0 Å². The zero-order valence-corrected chi connectivity index (χ0v) is 12.5. The van der Waals surface area contributed by atoms with Gasteiger partial charge in [0.1, 0.15) is 10.7 Å². The molecule has 2 N–H and O–H groups in total. The summed E-state index contributed by atoms with van der Waals surface area (Å²) in [6, 6.07) is 0.883. The molecule has 0 aliphatic heterocycles. The van der Waals surface area contributed by atoms with E-state index in [1.165, 1.54) is 13.8 Å². The lowest BCUT2D eigenvalue weighted by molar-refractivity contribution is 0.0661. The average molecular weight is 325 g/mol. The van der Waals surface area contributed by atoms with Gasteiger partial charge in [-0.1, -0.05) is 6.92 Å². The highest BCUT2D eigenvalue weighted by atomic mass is 32.2. The number of aromatic carboxylic acids is 1. The lowest BCUT2D eigenvalue weighted by atomic mass is 10.4. The fourth-order valence-corrected chi connectivity index (χ4v) is 3.43. The summed E-state index contributed by atoms with van der Waals surface area (Å²) in [4.78, 5) is 10.4. The summed E-state index contributed by atoms with van der Waals surface area (Å²) < 4.78 is 53.2. The highest BCUT2D eigenvalue weighted by molar-refractivity contribution is 7.91. The zero-order chi connectivity index (χ0) is 15.6. The van der Waals surface area contributed by atoms with E-state index in [0.29, 0.717) is 0 Å². The largest absolute Gasteiger partial charge is 0.475 e. The van der Waals surface area contributed by atoms with Crippen molar-refractivity contribution in [2.24, 2.45) is 0 Å². The molecule has 0 aliphatic rings. The van der Waals surface area contributed by atoms with Gasteiger partial charge in [-0.05, 0) is 6.92 Å². The van der Waals surface area contributed by atoms with Crippen molar-refractivity contribution in [2.75, 3.05) is 18.1 Å². The standard InChI is InChI=1S/C10H15NO7S2/c1-3-19(14,15)5-4-11-20(16,17)9-6-8(10(12)13)18-7(9)2/h6,11H,3-5H2,1-2H3,(H,12,13). The molecule has 0 aliphatic carbocycles. The monoisotopic (exact) mass is 325 g/mol. The number of sulfonamides is 1. The third-order valence-electron chi connectivity index (χ3n) is 2.52. The van der Waals surface area contributed by atoms with Crippen LogP contribution in [0.2, 0.25) is 0 Å². The van der Waals surface area contributed by atoms with Gasteiger partial charge < -0.3 is 9.52 Å². The molecule has 0 saturated heterocycles. The van der Waals surface area contributed by atoms with Gasteiger partial charge in [0.05, 0.1) is 5.75 Å². The van der Waals surface area contributed by atoms with Crippen molar-refractivity contribution < 1.29 is 31.2 Å². The molecule has 10 heteroatoms. The number of hydrogen-bond donors (Lipinski definition) is 2. The molecule has 1 heterocycles. The van der Waals surface area contributed by atoms with E-state index in [0.717, 1.165) is 6.07 Å². The van der Waals surface area contributed by atoms with Gasteiger partial charge in [0.25, 0.3) is 0 Å². The first-order chi connectivity index (χ1) is 9.09. The van der Waals surface area contributed by atoms with E-state index in [2.05, 4.69) is 4.72 Å². The number of nitrogens with one attached hydrogen (secondary N) is 1. The Balaban J connectivity index is 2.87. The van der Waals surface area contributed by atoms with E-state index in [-0.39, 0.29) is 28.7 Å². The molecule has 0 aromatic carbocycles. The van der Waals surface area contributed by atoms with E-state index < -0.39 is 31.6 Å². The molecule has 1 aromatic heterocycles. The number of aryl methyl sites for hydroxylation is 1. The van der Waals surface area contributed by atoms with Gasteiger partial charge in [-0.3, -0.25) is 0 Å². The summed E-state index contributed by atoms with van der Waals surface area (Å²) in [6.07, 6.45) is 0. The SMILES string of the molecule is CCS(=O)(=O)CCNS(=O)(=O)c1cc(C(=O)O)oc1C. The molecule has 0 unspecified atom stereocenters. The van der Waals surface area contributed by atoms with Crippen LogP contribution in [0.4, 0.5) is 0 Å². The first kappa shape index (κ1) is 16.7. The third kappa shape index (κ3) is 4.05. The summed E-state index contributed by atoms with van der Waals surface area (Å²) in [5, 5.41) is 8.71. The summed E-state index contributed by atoms with van der Waals surface area (Å²) in [5.74, 6) is -2.37. The minimum absolute atomic E-state index is 0.0757. The molecule has 20 heavy (non-hydrogen) atoms. The molecule has 0 amide bonds. The lowest BCUT2D eigenvalue weighted by Crippen LogP contribution is -2.29. The van der Waals surface area contributed by atoms with Crippen molar-refractivity contribution in [1.82, 2.24) is 4.72 Å². The van der Waals surface area contributed by atoms with Crippen LogP contribution in [0, 0.1) is 6.92 Å². The Hall–Kier alpha value is -1.39. The van der Waals surface area contributed by atoms with Crippen molar-refractivity contribution in [2.45, 2.75) is 18.7 Å². The molecule has 0 bridgehead atoms. The molecule has 1 rings (SSSR count). The molecule has 1 aromatic rings. The Labute approximate surface area is 116 Å². The summed E-state index contributed by atoms with van der Waals surface area (Å²) in [6.45, 7) is 2.48. The first-order valence-electron chi connectivity index (χ1n) is 5.63. The Morgan fingerprint density at radius 3 is 2.40 bits per heavy atom. The Kier molecular flexibility index (Phi) is 4.95. The molecule has 8 nitrogen and oxygen atoms in total. The van der Waals surface area contributed by atoms with Gasteiger partial charge in [0.2, 0.25) is 15.8 Å². The van der Waals surface area contributed by atoms with E-state index in [4.69, 9.17) is 9.52 Å². The van der Waals surface area contributed by atoms with E-state index in [1.54, 1.807) is 0 Å². The number of rotatable bonds is 7. The van der Waals surface area contributed by atoms with Gasteiger partial charge >= 0.3 is 5.97 Å². The highest BCUT2D eigenvalue weighted by Crippen LogP contribution is 2.19. The normalized spacial score (nSPS) is 12.5. The van der Waals surface area contributed by atoms with Crippen LogP contribution in [-0.2, 0) is 19.9 Å². The summed E-state index contributed by atoms with van der Waals surface area (Å²) >= 11 is 0. The smallest absolute Gasteiger partial charge is 0.371 e. The second kappa shape index (κ2) is 5.94. The van der Waals surface area contributed by atoms with E-state index in [1.807, 2.05) is 0 Å². The third-order valence-corrected chi connectivity index (χ3v) is 5.79. The minimum atomic E-state index is -4.01. The van der Waals surface area contributed by atoms with Crippen LogP contribution in [0.3, 0.4) is 0 Å². The molecular weight excluding hydrogens is 310 g/mol. The Morgan fingerprint density at radius 2 is 1.95 bits per heavy atom. The van der Waals surface area contributed by atoms with Gasteiger partial charge in [-0.2, -0.15) is 0 Å². The number of hydrogen-bond acceptors (Lipinski definition) is 6.